The molecule has 470 valence electrons. The Labute approximate surface area is 529 Å². The van der Waals surface area contributed by atoms with Crippen molar-refractivity contribution < 1.29 is 24.4 Å². The van der Waals surface area contributed by atoms with Crippen LogP contribution in [0.1, 0.15) is 226 Å². The highest BCUT2D eigenvalue weighted by Crippen LogP contribution is 2.36. The Kier molecular flexibility index (Phi) is 27.3. The van der Waals surface area contributed by atoms with Gasteiger partial charge in [-0.2, -0.15) is 0 Å². The number of hydrogen-bond donors (Lipinski definition) is 2. The Morgan fingerprint density at radius 3 is 1.16 bits per heavy atom. The monoisotopic (exact) mass is 1190 g/mol. The summed E-state index contributed by atoms with van der Waals surface area (Å²) in [5, 5.41) is 19.6. The van der Waals surface area contributed by atoms with E-state index >= 15 is 0 Å². The Hall–Kier alpha value is -6.17. The average Bonchev–Trinajstić information content (AvgIpc) is 4.10. The summed E-state index contributed by atoms with van der Waals surface area (Å²) in [6.45, 7) is 54.0. The molecular weight excluding hydrogens is 1080 g/mol. The summed E-state index contributed by atoms with van der Waals surface area (Å²) in [6.07, 6.45) is 4.41. The molecule has 0 atom stereocenters. The molecular formula is C80H113ClO5. The maximum Gasteiger partial charge on any atom is 0.160 e. The molecule has 0 aliphatic carbocycles. The van der Waals surface area contributed by atoms with Gasteiger partial charge in [-0.05, 0) is 168 Å². The van der Waals surface area contributed by atoms with Crippen molar-refractivity contribution in [2.45, 2.75) is 230 Å². The van der Waals surface area contributed by atoms with Crippen molar-refractivity contribution in [3.05, 3.63) is 217 Å². The molecule has 2 aliphatic rings. The summed E-state index contributed by atoms with van der Waals surface area (Å²) in [4.78, 5) is 0. The second-order valence-electron chi connectivity index (χ2n) is 30.2. The number of fused-ring (bicyclic) bond motifs is 2. The van der Waals surface area contributed by atoms with Gasteiger partial charge in [0.25, 0.3) is 0 Å². The number of hydrogen-bond acceptors (Lipinski definition) is 5. The molecule has 0 radical (unpaired) electrons. The van der Waals surface area contributed by atoms with Crippen LogP contribution < -0.4 is 14.2 Å². The predicted octanol–water partition coefficient (Wildman–Crippen LogP) is 22.4. The number of methoxy groups -OCH3 is 1. The first-order valence-electron chi connectivity index (χ1n) is 31.2. The van der Waals surface area contributed by atoms with Gasteiger partial charge in [-0.1, -0.05) is 279 Å². The Morgan fingerprint density at radius 2 is 0.779 bits per heavy atom. The van der Waals surface area contributed by atoms with Gasteiger partial charge in [0.05, 0.1) is 20.3 Å². The molecule has 0 amide bonds. The van der Waals surface area contributed by atoms with Gasteiger partial charge in [0.2, 0.25) is 0 Å². The van der Waals surface area contributed by atoms with Crippen molar-refractivity contribution in [1.29, 1.82) is 0 Å². The van der Waals surface area contributed by atoms with Crippen LogP contribution in [0, 0.1) is 13.8 Å². The number of phenols is 2. The Balaban J connectivity index is 0.000000264. The molecule has 9 rings (SSSR count). The van der Waals surface area contributed by atoms with Crippen LogP contribution >= 0.6 is 11.6 Å². The quantitative estimate of drug-likeness (QED) is 0.169. The molecule has 86 heavy (non-hydrogen) atoms. The van der Waals surface area contributed by atoms with Gasteiger partial charge in [-0.3, -0.25) is 0 Å². The molecule has 0 saturated carbocycles. The molecule has 0 bridgehead atoms. The van der Waals surface area contributed by atoms with Crippen LogP contribution in [-0.4, -0.2) is 30.5 Å². The van der Waals surface area contributed by atoms with E-state index < -0.39 is 0 Å². The van der Waals surface area contributed by atoms with Gasteiger partial charge < -0.3 is 24.4 Å². The van der Waals surface area contributed by atoms with Gasteiger partial charge in [-0.15, -0.1) is 0 Å². The number of aromatic hydroxyl groups is 2. The largest absolute Gasteiger partial charge is 0.504 e. The first-order valence-corrected chi connectivity index (χ1v) is 31.6. The summed E-state index contributed by atoms with van der Waals surface area (Å²) in [5.41, 5.74) is 16.8. The van der Waals surface area contributed by atoms with Crippen molar-refractivity contribution in [3.63, 3.8) is 0 Å². The lowest BCUT2D eigenvalue weighted by molar-refractivity contribution is 0.288. The molecule has 7 aromatic carbocycles. The number of halogens is 1. The van der Waals surface area contributed by atoms with E-state index in [-0.39, 0.29) is 38.6 Å². The zero-order valence-corrected chi connectivity index (χ0v) is 58.9. The normalized spacial score (nSPS) is 12.9. The molecule has 2 heterocycles. The van der Waals surface area contributed by atoms with E-state index in [9.17, 15) is 10.2 Å². The van der Waals surface area contributed by atoms with E-state index in [1.54, 1.807) is 20.1 Å². The molecule has 0 fully saturated rings. The van der Waals surface area contributed by atoms with Crippen LogP contribution in [0.4, 0.5) is 0 Å². The molecule has 2 N–H and O–H groups in total. The maximum atomic E-state index is 9.39. The number of aryl methyl sites for hydroxylation is 4. The number of rotatable bonds is 2. The lowest BCUT2D eigenvalue weighted by atomic mass is 9.85. The molecule has 0 unspecified atom stereocenters. The van der Waals surface area contributed by atoms with E-state index in [2.05, 4.69) is 280 Å². The second kappa shape index (κ2) is 31.7. The number of phenolic OH excluding ortho intramolecular Hbond substituents is 2. The fourth-order valence-corrected chi connectivity index (χ4v) is 9.30. The van der Waals surface area contributed by atoms with Crippen LogP contribution in [0.25, 0.3) is 0 Å². The van der Waals surface area contributed by atoms with Gasteiger partial charge in [0.15, 0.2) is 11.5 Å². The van der Waals surface area contributed by atoms with E-state index in [1.165, 1.54) is 56.5 Å². The molecule has 0 spiro atoms. The first kappa shape index (κ1) is 74.1. The van der Waals surface area contributed by atoms with E-state index in [0.29, 0.717) is 16.4 Å². The third-order valence-corrected chi connectivity index (χ3v) is 15.7. The average molecular weight is 1190 g/mol. The molecule has 7 aromatic rings. The van der Waals surface area contributed by atoms with Crippen molar-refractivity contribution in [2.75, 3.05) is 20.3 Å². The summed E-state index contributed by atoms with van der Waals surface area (Å²) in [7, 11) is 1.73. The smallest absolute Gasteiger partial charge is 0.160 e. The summed E-state index contributed by atoms with van der Waals surface area (Å²) < 4.78 is 16.4. The Morgan fingerprint density at radius 1 is 0.407 bits per heavy atom. The molecule has 2 aliphatic heterocycles. The van der Waals surface area contributed by atoms with Crippen LogP contribution in [0.15, 0.2) is 146 Å². The van der Waals surface area contributed by atoms with Crippen LogP contribution in [-0.2, 0) is 57.2 Å². The first-order chi connectivity index (χ1) is 39.6. The lowest BCUT2D eigenvalue weighted by Crippen LogP contribution is -2.14. The van der Waals surface area contributed by atoms with Crippen molar-refractivity contribution in [2.24, 2.45) is 0 Å². The maximum absolute atomic E-state index is 9.39. The fraction of sp³-hybridized carbons (Fsp3) is 0.475. The zero-order chi connectivity index (χ0) is 65.2. The Bertz CT molecular complexity index is 3030. The third-order valence-electron chi connectivity index (χ3n) is 15.3. The van der Waals surface area contributed by atoms with Gasteiger partial charge >= 0.3 is 0 Å². The van der Waals surface area contributed by atoms with Crippen LogP contribution in [0.5, 0.6) is 28.7 Å². The van der Waals surface area contributed by atoms with Crippen LogP contribution in [0.3, 0.4) is 0 Å². The SMILES string of the molecule is CC(C)(C)c1ccc2c(c1)CCCO2.CC(C)(C)c1ccc2c(c1)CCO2.CC(C)(C)c1ccccc1.CC(C)(C)c1ccccc1.CCc1cc(C(C)(C)C)ccc1OC.Cc1cc(C(C)(C)C)cc(O)c1O.Cc1cc(C(C)(C)C)ccc1Cl. The van der Waals surface area contributed by atoms with Gasteiger partial charge in [0, 0.05) is 11.4 Å². The van der Waals surface area contributed by atoms with E-state index in [1.807, 2.05) is 19.1 Å². The molecule has 6 heteroatoms. The summed E-state index contributed by atoms with van der Waals surface area (Å²) in [5.74, 6) is 3.11. The van der Waals surface area contributed by atoms with E-state index in [4.69, 9.17) is 25.8 Å². The topological polar surface area (TPSA) is 68.2 Å². The summed E-state index contributed by atoms with van der Waals surface area (Å²) in [6, 6.07) is 50.5. The molecule has 5 nitrogen and oxygen atoms in total. The number of benzene rings is 7. The molecule has 0 saturated heterocycles. The summed E-state index contributed by atoms with van der Waals surface area (Å²) >= 11 is 5.93. The van der Waals surface area contributed by atoms with Crippen molar-refractivity contribution >= 4 is 11.6 Å². The standard InChI is InChI=1S/C13H18O.C13H20O.C12H16O.C11H15Cl.C11H16O2.2C10H14/c1-13(2,3)11-6-7-12-10(9-11)5-4-8-14-12;1-6-10-9-11(13(2,3)4)7-8-12(10)14-5;1-12(2,3)10-4-5-11-9(8-10)6-7-13-11;1-8-7-9(11(2,3)4)5-6-10(8)12;1-7-5-8(11(2,3)4)6-9(12)10(7)13;2*1-10(2,3)9-7-5-4-6-8-9/h6-7,9H,4-5,8H2,1-3H3;7-9H,6H2,1-5H3;4-5,8H,6-7H2,1-3H3;5-7H,1-4H3;5-6,12-13H,1-4H3;2*4-8H,1-3H3. The van der Waals surface area contributed by atoms with Crippen molar-refractivity contribution in [1.82, 2.24) is 0 Å². The predicted molar refractivity (Wildman–Crippen MR) is 373 cm³/mol. The minimum Gasteiger partial charge on any atom is -0.504 e. The number of ether oxygens (including phenoxy) is 3. The molecule has 0 aromatic heterocycles. The van der Waals surface area contributed by atoms with Gasteiger partial charge in [0.1, 0.15) is 17.2 Å². The lowest BCUT2D eigenvalue weighted by Gasteiger charge is -2.23. The fourth-order valence-electron chi connectivity index (χ4n) is 9.18. The second-order valence-corrected chi connectivity index (χ2v) is 30.6. The highest BCUT2D eigenvalue weighted by Gasteiger charge is 2.21. The highest BCUT2D eigenvalue weighted by molar-refractivity contribution is 6.31. The van der Waals surface area contributed by atoms with Crippen molar-refractivity contribution in [3.8, 4) is 28.7 Å². The van der Waals surface area contributed by atoms with Crippen LogP contribution in [0.2, 0.25) is 5.02 Å². The highest BCUT2D eigenvalue weighted by atomic mass is 35.5. The minimum absolute atomic E-state index is 0.00403. The zero-order valence-electron chi connectivity index (χ0n) is 58.1. The van der Waals surface area contributed by atoms with E-state index in [0.717, 1.165) is 65.9 Å². The van der Waals surface area contributed by atoms with Gasteiger partial charge in [-0.25, -0.2) is 0 Å². The third kappa shape index (κ3) is 24.5. The minimum atomic E-state index is -0.0371.